The van der Waals surface area contributed by atoms with Crippen LogP contribution in [0.15, 0.2) is 152 Å². The molecule has 10 aromatic rings. The van der Waals surface area contributed by atoms with Crippen molar-refractivity contribution >= 4 is 70.4 Å². The van der Waals surface area contributed by atoms with Crippen LogP contribution in [0.3, 0.4) is 0 Å². The molecule has 2 heterocycles. The topological polar surface area (TPSA) is 4.41 Å². The van der Waals surface area contributed by atoms with Crippen molar-refractivity contribution < 1.29 is 0 Å². The van der Waals surface area contributed by atoms with E-state index in [0.29, 0.717) is 0 Å². The molecule has 0 saturated carbocycles. The normalized spacial score (nSPS) is 12.2. The first-order valence-corrected chi connectivity index (χ1v) is 15.0. The van der Waals surface area contributed by atoms with Gasteiger partial charge in [0.1, 0.15) is 0 Å². The van der Waals surface area contributed by atoms with Crippen molar-refractivity contribution in [3.8, 4) is 22.3 Å². The van der Waals surface area contributed by atoms with Gasteiger partial charge in [-0.05, 0) is 61.1 Å². The van der Waals surface area contributed by atoms with E-state index in [1.165, 1.54) is 92.7 Å². The number of para-hydroxylation sites is 2. The van der Waals surface area contributed by atoms with E-state index < -0.39 is 0 Å². The van der Waals surface area contributed by atoms with Gasteiger partial charge in [-0.25, -0.2) is 0 Å². The number of hydrogen-bond acceptors (Lipinski definition) is 0. The Labute approximate surface area is 248 Å². The number of fused-ring (bicyclic) bond motifs is 9. The van der Waals surface area contributed by atoms with Gasteiger partial charge in [0.05, 0.1) is 16.6 Å². The first kappa shape index (κ1) is 23.0. The molecule has 0 bridgehead atoms. The van der Waals surface area contributed by atoms with Crippen LogP contribution in [-0.4, -0.2) is 4.40 Å². The van der Waals surface area contributed by atoms with E-state index in [9.17, 15) is 0 Å². The molecule has 10 rings (SSSR count). The smallest absolute Gasteiger partial charge is 0.0620 e. The summed E-state index contributed by atoms with van der Waals surface area (Å²) in [5.41, 5.74) is 9.01. The summed E-state index contributed by atoms with van der Waals surface area (Å²) in [4.78, 5) is 0. The molecule has 0 unspecified atom stereocenters. The minimum atomic E-state index is 1.25. The monoisotopic (exact) mass is 543 g/mol. The summed E-state index contributed by atoms with van der Waals surface area (Å²) in [5.74, 6) is 0. The number of rotatable bonds is 2. The second-order valence-electron chi connectivity index (χ2n) is 11.6. The lowest BCUT2D eigenvalue weighted by atomic mass is 9.83. The third-order valence-electron chi connectivity index (χ3n) is 9.48. The SMILES string of the molecule is c1ccc(-c2c3ccccc3c(-c3c4ccccc4cc4c3c3cccc5c6ccccc6n4c53)c3ccccc23)cc1. The van der Waals surface area contributed by atoms with Crippen molar-refractivity contribution in [2.24, 2.45) is 0 Å². The van der Waals surface area contributed by atoms with E-state index in [-0.39, 0.29) is 0 Å². The Hall–Kier alpha value is -5.66. The predicted molar refractivity (Wildman–Crippen MR) is 184 cm³/mol. The maximum atomic E-state index is 2.51. The van der Waals surface area contributed by atoms with Gasteiger partial charge in [-0.15, -0.1) is 0 Å². The molecular formula is C42H25N. The molecule has 0 aliphatic rings. The minimum Gasteiger partial charge on any atom is -0.308 e. The molecular weight excluding hydrogens is 518 g/mol. The average Bonchev–Trinajstić information content (AvgIpc) is 3.59. The first-order chi connectivity index (χ1) is 21.4. The molecule has 0 aliphatic carbocycles. The van der Waals surface area contributed by atoms with Gasteiger partial charge in [-0.1, -0.05) is 140 Å². The van der Waals surface area contributed by atoms with E-state index in [0.717, 1.165) is 0 Å². The van der Waals surface area contributed by atoms with Crippen LogP contribution in [0.1, 0.15) is 0 Å². The highest BCUT2D eigenvalue weighted by molar-refractivity contribution is 6.33. The van der Waals surface area contributed by atoms with Gasteiger partial charge in [0.25, 0.3) is 0 Å². The second kappa shape index (κ2) is 8.44. The Kier molecular flexibility index (Phi) is 4.51. The van der Waals surface area contributed by atoms with Gasteiger partial charge >= 0.3 is 0 Å². The lowest BCUT2D eigenvalue weighted by Crippen LogP contribution is -1.93. The zero-order valence-electron chi connectivity index (χ0n) is 23.4. The maximum absolute atomic E-state index is 2.51. The molecule has 1 nitrogen and oxygen atoms in total. The van der Waals surface area contributed by atoms with Crippen molar-refractivity contribution in [2.45, 2.75) is 0 Å². The predicted octanol–water partition coefficient (Wildman–Crippen LogP) is 11.6. The molecule has 43 heavy (non-hydrogen) atoms. The summed E-state index contributed by atoms with van der Waals surface area (Å²) >= 11 is 0. The molecule has 0 aliphatic heterocycles. The lowest BCUT2D eigenvalue weighted by Gasteiger charge is -2.20. The molecule has 8 aromatic carbocycles. The van der Waals surface area contributed by atoms with E-state index in [2.05, 4.69) is 156 Å². The molecule has 0 fully saturated rings. The van der Waals surface area contributed by atoms with Gasteiger partial charge in [0, 0.05) is 27.1 Å². The first-order valence-electron chi connectivity index (χ1n) is 15.0. The molecule has 0 radical (unpaired) electrons. The van der Waals surface area contributed by atoms with E-state index >= 15 is 0 Å². The van der Waals surface area contributed by atoms with Crippen LogP contribution >= 0.6 is 0 Å². The van der Waals surface area contributed by atoms with E-state index in [4.69, 9.17) is 0 Å². The Bertz CT molecular complexity index is 2650. The molecule has 2 aromatic heterocycles. The summed E-state index contributed by atoms with van der Waals surface area (Å²) in [7, 11) is 0. The molecule has 0 atom stereocenters. The standard InChI is InChI=1S/C42H25N/c1-2-13-26(14-3-1)38-30-18-6-8-20-32(30)39(33-21-9-7-19-31(33)38)41-28-16-5-4-15-27(28)25-37-40(41)35-23-12-22-34-29-17-10-11-24-36(29)43(37)42(34)35/h1-25H. The molecule has 1 heteroatoms. The van der Waals surface area contributed by atoms with Crippen LogP contribution in [0.25, 0.3) is 92.7 Å². The van der Waals surface area contributed by atoms with Crippen LogP contribution in [0.4, 0.5) is 0 Å². The number of aromatic nitrogens is 1. The third-order valence-corrected chi connectivity index (χ3v) is 9.48. The van der Waals surface area contributed by atoms with Crippen LogP contribution in [0, 0.1) is 0 Å². The molecule has 0 amide bonds. The van der Waals surface area contributed by atoms with Crippen molar-refractivity contribution in [1.29, 1.82) is 0 Å². The second-order valence-corrected chi connectivity index (χ2v) is 11.6. The van der Waals surface area contributed by atoms with Gasteiger partial charge < -0.3 is 4.40 Å². The summed E-state index contributed by atoms with van der Waals surface area (Å²) in [6.45, 7) is 0. The minimum absolute atomic E-state index is 1.25. The fourth-order valence-corrected chi connectivity index (χ4v) is 7.83. The Morgan fingerprint density at radius 1 is 0.326 bits per heavy atom. The molecule has 0 saturated heterocycles. The number of hydrogen-bond donors (Lipinski definition) is 0. The summed E-state index contributed by atoms with van der Waals surface area (Å²) in [6, 6.07) is 55.9. The fourth-order valence-electron chi connectivity index (χ4n) is 7.83. The van der Waals surface area contributed by atoms with E-state index in [1.54, 1.807) is 0 Å². The van der Waals surface area contributed by atoms with Crippen LogP contribution < -0.4 is 0 Å². The van der Waals surface area contributed by atoms with Gasteiger partial charge in [-0.2, -0.15) is 0 Å². The highest BCUT2D eigenvalue weighted by Gasteiger charge is 2.24. The Morgan fingerprint density at radius 3 is 1.58 bits per heavy atom. The molecule has 0 spiro atoms. The van der Waals surface area contributed by atoms with Crippen LogP contribution in [0.2, 0.25) is 0 Å². The highest BCUT2D eigenvalue weighted by atomic mass is 14.9. The highest BCUT2D eigenvalue weighted by Crippen LogP contribution is 2.50. The lowest BCUT2D eigenvalue weighted by molar-refractivity contribution is 1.37. The molecule has 198 valence electrons. The van der Waals surface area contributed by atoms with Crippen molar-refractivity contribution in [3.63, 3.8) is 0 Å². The van der Waals surface area contributed by atoms with Gasteiger partial charge in [0.15, 0.2) is 0 Å². The van der Waals surface area contributed by atoms with Crippen LogP contribution in [-0.2, 0) is 0 Å². The average molecular weight is 544 g/mol. The van der Waals surface area contributed by atoms with E-state index in [1.807, 2.05) is 0 Å². The maximum Gasteiger partial charge on any atom is 0.0620 e. The Morgan fingerprint density at radius 2 is 0.860 bits per heavy atom. The van der Waals surface area contributed by atoms with Crippen molar-refractivity contribution in [2.75, 3.05) is 0 Å². The number of nitrogens with zero attached hydrogens (tertiary/aromatic N) is 1. The largest absolute Gasteiger partial charge is 0.308 e. The van der Waals surface area contributed by atoms with Crippen molar-refractivity contribution in [3.05, 3.63) is 152 Å². The van der Waals surface area contributed by atoms with Crippen LogP contribution in [0.5, 0.6) is 0 Å². The van der Waals surface area contributed by atoms with Gasteiger partial charge in [0.2, 0.25) is 0 Å². The summed E-state index contributed by atoms with van der Waals surface area (Å²) < 4.78 is 2.51. The van der Waals surface area contributed by atoms with Crippen molar-refractivity contribution in [1.82, 2.24) is 4.40 Å². The number of benzene rings is 8. The fraction of sp³-hybridized carbons (Fsp3) is 0. The zero-order valence-corrected chi connectivity index (χ0v) is 23.4. The summed E-state index contributed by atoms with van der Waals surface area (Å²) in [5, 5.41) is 12.9. The third kappa shape index (κ3) is 2.96. The summed E-state index contributed by atoms with van der Waals surface area (Å²) in [6.07, 6.45) is 0. The molecule has 0 N–H and O–H groups in total. The van der Waals surface area contributed by atoms with Gasteiger partial charge in [-0.3, -0.25) is 0 Å². The Balaban J connectivity index is 1.51. The zero-order chi connectivity index (χ0) is 28.1. The quantitative estimate of drug-likeness (QED) is 0.191.